The van der Waals surface area contributed by atoms with E-state index in [1.54, 1.807) is 0 Å². The third-order valence-corrected chi connectivity index (χ3v) is 6.27. The van der Waals surface area contributed by atoms with Crippen LogP contribution >= 0.6 is 11.8 Å². The van der Waals surface area contributed by atoms with Crippen LogP contribution in [0.2, 0.25) is 0 Å². The van der Waals surface area contributed by atoms with Gasteiger partial charge in [0, 0.05) is 41.1 Å². The summed E-state index contributed by atoms with van der Waals surface area (Å²) in [6.45, 7) is 3.76. The highest BCUT2D eigenvalue weighted by Crippen LogP contribution is 2.43. The van der Waals surface area contributed by atoms with Crippen LogP contribution in [0.1, 0.15) is 32.6 Å². The highest BCUT2D eigenvalue weighted by Gasteiger charge is 2.36. The van der Waals surface area contributed by atoms with Crippen LogP contribution in [-0.2, 0) is 10.8 Å². The van der Waals surface area contributed by atoms with E-state index in [4.69, 9.17) is 0 Å². The van der Waals surface area contributed by atoms with Gasteiger partial charge in [-0.3, -0.25) is 9.20 Å². The summed E-state index contributed by atoms with van der Waals surface area (Å²) in [5.74, 6) is 2.71. The molecule has 17 heavy (non-hydrogen) atoms. The Morgan fingerprint density at radius 3 is 2.82 bits per heavy atom. The van der Waals surface area contributed by atoms with Crippen LogP contribution in [0.4, 0.5) is 0 Å². The first-order valence-electron chi connectivity index (χ1n) is 6.50. The van der Waals surface area contributed by atoms with Gasteiger partial charge in [0.25, 0.3) is 0 Å². The molecule has 0 aromatic carbocycles. The van der Waals surface area contributed by atoms with Gasteiger partial charge in [-0.1, -0.05) is 31.5 Å². The van der Waals surface area contributed by atoms with Crippen LogP contribution in [0.25, 0.3) is 0 Å². The Morgan fingerprint density at radius 1 is 1.47 bits per heavy atom. The molecule has 1 atom stereocenters. The maximum absolute atomic E-state index is 11.3. The zero-order chi connectivity index (χ0) is 12.1. The number of amidine groups is 1. The lowest BCUT2D eigenvalue weighted by Crippen LogP contribution is -2.34. The summed E-state index contributed by atoms with van der Waals surface area (Å²) in [5.41, 5.74) is 0.516. The molecule has 1 unspecified atom stereocenters. The molecular weight excluding hydrogens is 252 g/mol. The standard InChI is InChI=1S/C12H22N2OS2/c1-2-17(15)8-7-13-11-14-9-12(10-16-11)5-3-4-6-12/h2-10H2,1H3,(H,13,14). The quantitative estimate of drug-likeness (QED) is 0.852. The van der Waals surface area contributed by atoms with Gasteiger partial charge in [-0.25, -0.2) is 0 Å². The zero-order valence-electron chi connectivity index (χ0n) is 10.5. The minimum absolute atomic E-state index is 0.516. The number of nitrogens with zero attached hydrogens (tertiary/aromatic N) is 1. The molecule has 1 saturated carbocycles. The SMILES string of the molecule is CCS(=O)CCNC1=NCC2(CCCC2)CS1. The number of thioether (sulfide) groups is 1. The van der Waals surface area contributed by atoms with E-state index < -0.39 is 10.8 Å². The first kappa shape index (κ1) is 13.4. The average Bonchev–Trinajstić information content (AvgIpc) is 2.80. The van der Waals surface area contributed by atoms with Crippen molar-refractivity contribution in [3.63, 3.8) is 0 Å². The highest BCUT2D eigenvalue weighted by molar-refractivity contribution is 8.13. The molecule has 1 heterocycles. The van der Waals surface area contributed by atoms with E-state index in [1.807, 2.05) is 18.7 Å². The smallest absolute Gasteiger partial charge is 0.156 e. The van der Waals surface area contributed by atoms with E-state index in [9.17, 15) is 4.21 Å². The predicted molar refractivity (Wildman–Crippen MR) is 77.2 cm³/mol. The highest BCUT2D eigenvalue weighted by atomic mass is 32.2. The monoisotopic (exact) mass is 274 g/mol. The average molecular weight is 274 g/mol. The summed E-state index contributed by atoms with van der Waals surface area (Å²) in [6.07, 6.45) is 5.48. The molecule has 0 saturated heterocycles. The summed E-state index contributed by atoms with van der Waals surface area (Å²) in [5, 5.41) is 4.38. The summed E-state index contributed by atoms with van der Waals surface area (Å²) in [6, 6.07) is 0. The normalized spacial score (nSPS) is 24.6. The van der Waals surface area contributed by atoms with Crippen molar-refractivity contribution in [3.05, 3.63) is 0 Å². The second-order valence-corrected chi connectivity index (χ2v) is 7.81. The molecule has 1 spiro atoms. The number of hydrogen-bond acceptors (Lipinski definition) is 4. The molecule has 0 amide bonds. The Kier molecular flexibility index (Phi) is 4.91. The Labute approximate surface area is 111 Å². The number of nitrogens with one attached hydrogen (secondary N) is 1. The van der Waals surface area contributed by atoms with Crippen molar-refractivity contribution in [2.24, 2.45) is 10.4 Å². The van der Waals surface area contributed by atoms with Crippen molar-refractivity contribution in [2.45, 2.75) is 32.6 Å². The van der Waals surface area contributed by atoms with E-state index in [-0.39, 0.29) is 0 Å². The minimum Gasteiger partial charge on any atom is -0.364 e. The van der Waals surface area contributed by atoms with Gasteiger partial charge in [0.2, 0.25) is 0 Å². The van der Waals surface area contributed by atoms with E-state index in [0.29, 0.717) is 5.41 Å². The van der Waals surface area contributed by atoms with Crippen molar-refractivity contribution in [1.29, 1.82) is 0 Å². The second-order valence-electron chi connectivity index (χ2n) is 4.98. The lowest BCUT2D eigenvalue weighted by atomic mass is 9.89. The molecule has 0 aromatic heterocycles. The Bertz CT molecular complexity index is 312. The van der Waals surface area contributed by atoms with Gasteiger partial charge in [-0.05, 0) is 18.3 Å². The fourth-order valence-electron chi connectivity index (χ4n) is 2.50. The topological polar surface area (TPSA) is 41.5 Å². The van der Waals surface area contributed by atoms with Gasteiger partial charge in [-0.2, -0.15) is 0 Å². The first-order chi connectivity index (χ1) is 8.24. The lowest BCUT2D eigenvalue weighted by molar-refractivity contribution is 0.358. The number of aliphatic imine (C=N–C) groups is 1. The molecule has 5 heteroatoms. The number of rotatable bonds is 4. The maximum Gasteiger partial charge on any atom is 0.156 e. The van der Waals surface area contributed by atoms with Crippen LogP contribution in [-0.4, -0.2) is 39.7 Å². The molecule has 1 aliphatic carbocycles. The zero-order valence-corrected chi connectivity index (χ0v) is 12.2. The summed E-state index contributed by atoms with van der Waals surface area (Å²) >= 11 is 1.86. The minimum atomic E-state index is -0.667. The van der Waals surface area contributed by atoms with Gasteiger partial charge in [0.1, 0.15) is 0 Å². The molecule has 98 valence electrons. The molecule has 1 N–H and O–H groups in total. The van der Waals surface area contributed by atoms with E-state index in [2.05, 4.69) is 10.3 Å². The predicted octanol–water partition coefficient (Wildman–Crippen LogP) is 2.01. The molecule has 0 aromatic rings. The van der Waals surface area contributed by atoms with E-state index >= 15 is 0 Å². The first-order valence-corrected chi connectivity index (χ1v) is 8.98. The molecule has 1 aliphatic heterocycles. The van der Waals surface area contributed by atoms with Gasteiger partial charge >= 0.3 is 0 Å². The van der Waals surface area contributed by atoms with Gasteiger partial charge in [0.15, 0.2) is 5.17 Å². The van der Waals surface area contributed by atoms with Crippen molar-refractivity contribution in [3.8, 4) is 0 Å². The van der Waals surface area contributed by atoms with Crippen molar-refractivity contribution >= 4 is 27.7 Å². The fraction of sp³-hybridized carbons (Fsp3) is 0.917. The second kappa shape index (κ2) is 6.23. The van der Waals surface area contributed by atoms with Gasteiger partial charge < -0.3 is 5.32 Å². The van der Waals surface area contributed by atoms with Crippen LogP contribution in [0, 0.1) is 5.41 Å². The van der Waals surface area contributed by atoms with E-state index in [0.717, 1.165) is 29.8 Å². The van der Waals surface area contributed by atoms with Crippen LogP contribution in [0.15, 0.2) is 4.99 Å². The molecule has 0 radical (unpaired) electrons. The van der Waals surface area contributed by atoms with Gasteiger partial charge in [0.05, 0.1) is 0 Å². The molecule has 1 fully saturated rings. The maximum atomic E-state index is 11.3. The van der Waals surface area contributed by atoms with E-state index in [1.165, 1.54) is 31.4 Å². The largest absolute Gasteiger partial charge is 0.364 e. The molecular formula is C12H22N2OS2. The summed E-state index contributed by atoms with van der Waals surface area (Å²) in [4.78, 5) is 4.66. The number of hydrogen-bond donors (Lipinski definition) is 1. The van der Waals surface area contributed by atoms with Crippen molar-refractivity contribution < 1.29 is 4.21 Å². The third-order valence-electron chi connectivity index (χ3n) is 3.67. The fourth-order valence-corrected chi connectivity index (χ4v) is 4.30. The van der Waals surface area contributed by atoms with Crippen molar-refractivity contribution in [1.82, 2.24) is 5.32 Å². The molecule has 2 rings (SSSR count). The van der Waals surface area contributed by atoms with Crippen LogP contribution in [0.5, 0.6) is 0 Å². The summed E-state index contributed by atoms with van der Waals surface area (Å²) < 4.78 is 11.3. The van der Waals surface area contributed by atoms with Crippen molar-refractivity contribution in [2.75, 3.05) is 30.3 Å². The summed E-state index contributed by atoms with van der Waals surface area (Å²) in [7, 11) is -0.667. The van der Waals surface area contributed by atoms with Crippen LogP contribution < -0.4 is 5.32 Å². The molecule has 2 aliphatic rings. The lowest BCUT2D eigenvalue weighted by Gasteiger charge is -2.31. The Hall–Kier alpha value is -0.0300. The van der Waals surface area contributed by atoms with Crippen LogP contribution in [0.3, 0.4) is 0 Å². The molecule has 3 nitrogen and oxygen atoms in total. The third kappa shape index (κ3) is 3.71. The van der Waals surface area contributed by atoms with Gasteiger partial charge in [-0.15, -0.1) is 0 Å². The Balaban J connectivity index is 1.73. The molecule has 0 bridgehead atoms. The Morgan fingerprint density at radius 2 is 2.24 bits per heavy atom.